The average molecular weight is 430 g/mol. The van der Waals surface area contributed by atoms with E-state index in [4.69, 9.17) is 28.9 Å². The molecule has 1 aromatic heterocycles. The molecule has 0 atom stereocenters. The molecule has 3 N–H and O–H groups in total. The Morgan fingerprint density at radius 1 is 1.05 bits per heavy atom. The Hall–Kier alpha value is -1.24. The molecule has 0 saturated heterocycles. The van der Waals surface area contributed by atoms with E-state index in [1.54, 1.807) is 0 Å². The smallest absolute Gasteiger partial charge is 0.153 e. The van der Waals surface area contributed by atoms with Gasteiger partial charge in [-0.1, -0.05) is 47.5 Å². The number of hydrogen-bond acceptors (Lipinski definition) is 2. The Labute approximate surface area is 145 Å². The summed E-state index contributed by atoms with van der Waals surface area (Å²) in [6.45, 7) is 0. The molecule has 0 bridgehead atoms. The first kappa shape index (κ1) is 14.7. The lowest BCUT2D eigenvalue weighted by molar-refractivity contribution is 1.10. The van der Waals surface area contributed by atoms with Gasteiger partial charge in [0, 0.05) is 19.7 Å². The minimum Gasteiger partial charge on any atom is -0.382 e. The zero-order valence-corrected chi connectivity index (χ0v) is 14.4. The number of nitrogens with one attached hydrogen (secondary N) is 1. The van der Waals surface area contributed by atoms with Gasteiger partial charge < -0.3 is 5.73 Å². The number of hydrogen-bond donors (Lipinski definition) is 2. The van der Waals surface area contributed by atoms with Crippen LogP contribution in [0.15, 0.2) is 42.5 Å². The fourth-order valence-corrected chi connectivity index (χ4v) is 2.90. The summed E-state index contributed by atoms with van der Waals surface area (Å²) in [6, 6.07) is 13.3. The molecule has 3 aromatic rings. The Kier molecular flexibility index (Phi) is 4.10. The molecule has 0 spiro atoms. The van der Waals surface area contributed by atoms with Gasteiger partial charge in [0.05, 0.1) is 16.3 Å². The molecule has 106 valence electrons. The van der Waals surface area contributed by atoms with Crippen molar-refractivity contribution >= 4 is 51.6 Å². The van der Waals surface area contributed by atoms with Gasteiger partial charge in [-0.3, -0.25) is 5.10 Å². The molecule has 21 heavy (non-hydrogen) atoms. The van der Waals surface area contributed by atoms with E-state index in [0.29, 0.717) is 15.9 Å². The van der Waals surface area contributed by atoms with Crippen LogP contribution in [-0.2, 0) is 0 Å². The number of halogens is 3. The second kappa shape index (κ2) is 5.87. The number of H-pyrrole nitrogens is 1. The van der Waals surface area contributed by atoms with E-state index in [1.807, 2.05) is 42.5 Å². The van der Waals surface area contributed by atoms with Crippen molar-refractivity contribution < 1.29 is 0 Å². The monoisotopic (exact) mass is 429 g/mol. The number of anilines is 1. The largest absolute Gasteiger partial charge is 0.382 e. The van der Waals surface area contributed by atoms with Gasteiger partial charge >= 0.3 is 0 Å². The van der Waals surface area contributed by atoms with E-state index in [-0.39, 0.29) is 0 Å². The highest BCUT2D eigenvalue weighted by atomic mass is 127. The molecule has 1 heterocycles. The standard InChI is InChI=1S/C15H10Cl2IN3/c16-10-4-2-1-3-9(10)13-14(20-21-15(13)19)8-5-6-12(18)11(17)7-8/h1-7H,(H3,19,20,21). The number of nitrogens with zero attached hydrogens (tertiary/aromatic N) is 1. The highest BCUT2D eigenvalue weighted by Crippen LogP contribution is 2.39. The summed E-state index contributed by atoms with van der Waals surface area (Å²) in [5, 5.41) is 8.39. The molecule has 0 aliphatic rings. The molecule has 0 amide bonds. The van der Waals surface area contributed by atoms with Crippen molar-refractivity contribution in [3.05, 3.63) is 56.1 Å². The molecule has 0 unspecified atom stereocenters. The quantitative estimate of drug-likeness (QED) is 0.547. The Bertz CT molecular complexity index is 814. The second-order valence-electron chi connectivity index (χ2n) is 4.47. The fraction of sp³-hybridized carbons (Fsp3) is 0. The maximum atomic E-state index is 6.28. The minimum absolute atomic E-state index is 0.410. The van der Waals surface area contributed by atoms with Crippen molar-refractivity contribution in [2.45, 2.75) is 0 Å². The van der Waals surface area contributed by atoms with Gasteiger partial charge in [-0.25, -0.2) is 0 Å². The molecule has 3 rings (SSSR count). The van der Waals surface area contributed by atoms with Crippen LogP contribution in [0.3, 0.4) is 0 Å². The number of nitrogens with two attached hydrogens (primary N) is 1. The Morgan fingerprint density at radius 3 is 2.52 bits per heavy atom. The summed E-state index contributed by atoms with van der Waals surface area (Å²) in [4.78, 5) is 0. The molecular weight excluding hydrogens is 420 g/mol. The fourth-order valence-electron chi connectivity index (χ4n) is 2.15. The average Bonchev–Trinajstić information content (AvgIpc) is 2.84. The predicted octanol–water partition coefficient (Wildman–Crippen LogP) is 5.24. The molecule has 0 fully saturated rings. The molecule has 3 nitrogen and oxygen atoms in total. The third-order valence-electron chi connectivity index (χ3n) is 3.15. The van der Waals surface area contributed by atoms with Crippen LogP contribution in [0.25, 0.3) is 22.4 Å². The number of nitrogen functional groups attached to an aromatic ring is 1. The van der Waals surface area contributed by atoms with Crippen molar-refractivity contribution in [1.29, 1.82) is 0 Å². The Balaban J connectivity index is 2.22. The third-order valence-corrected chi connectivity index (χ3v) is 5.05. The summed E-state index contributed by atoms with van der Waals surface area (Å²) >= 11 is 14.7. The zero-order chi connectivity index (χ0) is 15.0. The molecule has 6 heteroatoms. The number of rotatable bonds is 2. The van der Waals surface area contributed by atoms with E-state index in [9.17, 15) is 0 Å². The lowest BCUT2D eigenvalue weighted by atomic mass is 10.0. The summed E-state index contributed by atoms with van der Waals surface area (Å²) in [5.74, 6) is 0.410. The predicted molar refractivity (Wildman–Crippen MR) is 96.6 cm³/mol. The SMILES string of the molecule is Nc1n[nH]c(-c2ccc(I)c(Cl)c2)c1-c1ccccc1Cl. The first-order chi connectivity index (χ1) is 10.1. The van der Waals surface area contributed by atoms with E-state index in [1.165, 1.54) is 0 Å². The number of benzene rings is 2. The van der Waals surface area contributed by atoms with Gasteiger partial charge in [-0.05, 0) is 40.8 Å². The summed E-state index contributed by atoms with van der Waals surface area (Å²) in [6.07, 6.45) is 0. The highest BCUT2D eigenvalue weighted by molar-refractivity contribution is 14.1. The molecular formula is C15H10Cl2IN3. The van der Waals surface area contributed by atoms with Gasteiger partial charge in [0.2, 0.25) is 0 Å². The van der Waals surface area contributed by atoms with E-state index in [0.717, 1.165) is 26.0 Å². The van der Waals surface area contributed by atoms with Crippen molar-refractivity contribution in [2.75, 3.05) is 5.73 Å². The number of aromatic nitrogens is 2. The van der Waals surface area contributed by atoms with Crippen LogP contribution < -0.4 is 5.73 Å². The number of aromatic amines is 1. The second-order valence-corrected chi connectivity index (χ2v) is 6.44. The maximum absolute atomic E-state index is 6.28. The van der Waals surface area contributed by atoms with Crippen molar-refractivity contribution in [3.63, 3.8) is 0 Å². The summed E-state index contributed by atoms with van der Waals surface area (Å²) < 4.78 is 0.991. The molecule has 0 aliphatic carbocycles. The topological polar surface area (TPSA) is 54.7 Å². The van der Waals surface area contributed by atoms with Crippen LogP contribution >= 0.6 is 45.8 Å². The normalized spacial score (nSPS) is 10.8. The van der Waals surface area contributed by atoms with Crippen LogP contribution in [0.5, 0.6) is 0 Å². The van der Waals surface area contributed by atoms with Gasteiger partial charge in [-0.15, -0.1) is 0 Å². The minimum atomic E-state index is 0.410. The highest BCUT2D eigenvalue weighted by Gasteiger charge is 2.17. The zero-order valence-electron chi connectivity index (χ0n) is 10.7. The van der Waals surface area contributed by atoms with Gasteiger partial charge in [-0.2, -0.15) is 5.10 Å². The van der Waals surface area contributed by atoms with Gasteiger partial charge in [0.25, 0.3) is 0 Å². The maximum Gasteiger partial charge on any atom is 0.153 e. The van der Waals surface area contributed by atoms with Crippen molar-refractivity contribution in [2.24, 2.45) is 0 Å². The molecule has 0 aliphatic heterocycles. The van der Waals surface area contributed by atoms with E-state index < -0.39 is 0 Å². The van der Waals surface area contributed by atoms with Gasteiger partial charge in [0.1, 0.15) is 0 Å². The van der Waals surface area contributed by atoms with Crippen LogP contribution in [0.2, 0.25) is 10.0 Å². The van der Waals surface area contributed by atoms with Crippen molar-refractivity contribution in [1.82, 2.24) is 10.2 Å². The first-order valence-electron chi connectivity index (χ1n) is 6.12. The third kappa shape index (κ3) is 2.75. The lowest BCUT2D eigenvalue weighted by Crippen LogP contribution is -1.90. The van der Waals surface area contributed by atoms with Crippen LogP contribution in [-0.4, -0.2) is 10.2 Å². The molecule has 2 aromatic carbocycles. The molecule has 0 radical (unpaired) electrons. The van der Waals surface area contributed by atoms with Crippen LogP contribution in [0, 0.1) is 3.57 Å². The lowest BCUT2D eigenvalue weighted by Gasteiger charge is -2.07. The van der Waals surface area contributed by atoms with Crippen molar-refractivity contribution in [3.8, 4) is 22.4 Å². The summed E-state index contributed by atoms with van der Waals surface area (Å²) in [5.41, 5.74) is 9.37. The van der Waals surface area contributed by atoms with E-state index in [2.05, 4.69) is 32.8 Å². The molecule has 0 saturated carbocycles. The first-order valence-corrected chi connectivity index (χ1v) is 7.95. The Morgan fingerprint density at radius 2 is 1.81 bits per heavy atom. The van der Waals surface area contributed by atoms with E-state index >= 15 is 0 Å². The summed E-state index contributed by atoms with van der Waals surface area (Å²) in [7, 11) is 0. The van der Waals surface area contributed by atoms with Crippen LogP contribution in [0.1, 0.15) is 0 Å². The van der Waals surface area contributed by atoms with Gasteiger partial charge in [0.15, 0.2) is 5.82 Å². The van der Waals surface area contributed by atoms with Crippen LogP contribution in [0.4, 0.5) is 5.82 Å².